The summed E-state index contributed by atoms with van der Waals surface area (Å²) in [7, 11) is 0. The molecule has 0 aliphatic carbocycles. The summed E-state index contributed by atoms with van der Waals surface area (Å²) in [5, 5.41) is 6.24. The number of benzene rings is 1. The van der Waals surface area contributed by atoms with E-state index in [2.05, 4.69) is 22.5 Å². The van der Waals surface area contributed by atoms with Gasteiger partial charge in [-0.25, -0.2) is 9.18 Å². The van der Waals surface area contributed by atoms with Gasteiger partial charge in [0.25, 0.3) is 0 Å². The Morgan fingerprint density at radius 2 is 2.15 bits per heavy atom. The predicted molar refractivity (Wildman–Crippen MR) is 97.2 cm³/mol. The molecule has 0 radical (unpaired) electrons. The highest BCUT2D eigenvalue weighted by molar-refractivity contribution is 5.67. The monoisotopic (exact) mass is 357 g/mol. The van der Waals surface area contributed by atoms with Gasteiger partial charge in [0, 0.05) is 17.7 Å². The third kappa shape index (κ3) is 4.19. The topological polar surface area (TPSA) is 63.2 Å². The Bertz CT molecular complexity index is 724. The van der Waals surface area contributed by atoms with E-state index in [4.69, 9.17) is 4.74 Å². The lowest BCUT2D eigenvalue weighted by atomic mass is 9.69. The van der Waals surface area contributed by atoms with Crippen molar-refractivity contribution in [3.05, 3.63) is 65.7 Å². The molecule has 3 rings (SSSR count). The number of halogens is 1. The van der Waals surface area contributed by atoms with Gasteiger partial charge in [-0.1, -0.05) is 37.3 Å². The van der Waals surface area contributed by atoms with Crippen molar-refractivity contribution in [3.63, 3.8) is 0 Å². The van der Waals surface area contributed by atoms with Crippen molar-refractivity contribution >= 4 is 6.09 Å². The SMILES string of the molecule is C[C@@H]1CNCC[C@]1(CNC(=O)OCc1ccccc1)c1ccc(F)cn1. The van der Waals surface area contributed by atoms with E-state index in [1.807, 2.05) is 30.3 Å². The molecule has 1 aliphatic heterocycles. The van der Waals surface area contributed by atoms with Gasteiger partial charge in [-0.05, 0) is 43.1 Å². The number of hydrogen-bond donors (Lipinski definition) is 2. The summed E-state index contributed by atoms with van der Waals surface area (Å²) in [5.74, 6) is -0.121. The molecule has 1 amide bonds. The molecule has 138 valence electrons. The van der Waals surface area contributed by atoms with Crippen LogP contribution in [0.3, 0.4) is 0 Å². The maximum Gasteiger partial charge on any atom is 0.407 e. The average molecular weight is 357 g/mol. The number of alkyl carbamates (subject to hydrolysis) is 1. The molecule has 0 saturated carbocycles. The second kappa shape index (κ2) is 8.27. The molecule has 2 heterocycles. The Kier molecular flexibility index (Phi) is 5.83. The van der Waals surface area contributed by atoms with Crippen molar-refractivity contribution in [1.29, 1.82) is 0 Å². The van der Waals surface area contributed by atoms with Crippen LogP contribution in [0, 0.1) is 11.7 Å². The zero-order chi connectivity index (χ0) is 18.4. The van der Waals surface area contributed by atoms with Gasteiger partial charge in [-0.2, -0.15) is 0 Å². The third-order valence-electron chi connectivity index (χ3n) is 5.14. The van der Waals surface area contributed by atoms with E-state index in [0.717, 1.165) is 30.8 Å². The minimum absolute atomic E-state index is 0.228. The quantitative estimate of drug-likeness (QED) is 0.863. The van der Waals surface area contributed by atoms with Gasteiger partial charge in [0.2, 0.25) is 0 Å². The number of nitrogens with one attached hydrogen (secondary N) is 2. The highest BCUT2D eigenvalue weighted by Gasteiger charge is 2.41. The molecule has 1 saturated heterocycles. The number of amides is 1. The van der Waals surface area contributed by atoms with Crippen molar-refractivity contribution < 1.29 is 13.9 Å². The summed E-state index contributed by atoms with van der Waals surface area (Å²) in [6.45, 7) is 4.39. The van der Waals surface area contributed by atoms with Crippen LogP contribution in [-0.4, -0.2) is 30.7 Å². The van der Waals surface area contributed by atoms with Crippen molar-refractivity contribution in [3.8, 4) is 0 Å². The predicted octanol–water partition coefficient (Wildman–Crippen LogP) is 3.01. The molecule has 1 aromatic carbocycles. The fraction of sp³-hybridized carbons (Fsp3) is 0.400. The van der Waals surface area contributed by atoms with E-state index >= 15 is 0 Å². The van der Waals surface area contributed by atoms with Gasteiger partial charge < -0.3 is 15.4 Å². The smallest absolute Gasteiger partial charge is 0.407 e. The number of ether oxygens (including phenoxy) is 1. The Balaban J connectivity index is 1.66. The van der Waals surface area contributed by atoms with Gasteiger partial charge in [0.1, 0.15) is 12.4 Å². The molecule has 2 atom stereocenters. The lowest BCUT2D eigenvalue weighted by molar-refractivity contribution is 0.129. The summed E-state index contributed by atoms with van der Waals surface area (Å²) in [5.41, 5.74) is 1.40. The second-order valence-electron chi connectivity index (χ2n) is 6.79. The number of carbonyl (C=O) groups excluding carboxylic acids is 1. The maximum absolute atomic E-state index is 13.3. The first kappa shape index (κ1) is 18.3. The standard InChI is InChI=1S/C20H24FN3O2/c1-15-11-22-10-9-20(15,18-8-7-17(21)12-23-18)14-24-19(25)26-13-16-5-3-2-4-6-16/h2-8,12,15,22H,9-11,13-14H2,1H3,(H,24,25)/t15-,20-/m1/s1. The minimum Gasteiger partial charge on any atom is -0.445 e. The summed E-state index contributed by atoms with van der Waals surface area (Å²) in [6, 6.07) is 12.7. The number of nitrogens with zero attached hydrogens (tertiary/aromatic N) is 1. The van der Waals surface area contributed by atoms with Crippen LogP contribution < -0.4 is 10.6 Å². The molecule has 0 bridgehead atoms. The molecular weight excluding hydrogens is 333 g/mol. The van der Waals surface area contributed by atoms with E-state index in [1.165, 1.54) is 12.3 Å². The minimum atomic E-state index is -0.457. The van der Waals surface area contributed by atoms with Crippen LogP contribution in [0.1, 0.15) is 24.6 Å². The van der Waals surface area contributed by atoms with Gasteiger partial charge in [-0.15, -0.1) is 0 Å². The zero-order valence-corrected chi connectivity index (χ0v) is 14.9. The summed E-state index contributed by atoms with van der Waals surface area (Å²) in [6.07, 6.45) is 1.59. The zero-order valence-electron chi connectivity index (χ0n) is 14.9. The molecular formula is C20H24FN3O2. The van der Waals surface area contributed by atoms with E-state index in [0.29, 0.717) is 6.54 Å². The Morgan fingerprint density at radius 3 is 2.85 bits per heavy atom. The van der Waals surface area contributed by atoms with E-state index in [1.54, 1.807) is 6.07 Å². The van der Waals surface area contributed by atoms with Crippen molar-refractivity contribution in [1.82, 2.24) is 15.6 Å². The molecule has 0 spiro atoms. The van der Waals surface area contributed by atoms with Gasteiger partial charge in [0.05, 0.1) is 6.20 Å². The lowest BCUT2D eigenvalue weighted by Crippen LogP contribution is -2.53. The Labute approximate surface area is 153 Å². The first-order valence-corrected chi connectivity index (χ1v) is 8.87. The van der Waals surface area contributed by atoms with Crippen molar-refractivity contribution in [2.24, 2.45) is 5.92 Å². The number of rotatable bonds is 5. The number of hydrogen-bond acceptors (Lipinski definition) is 4. The fourth-order valence-electron chi connectivity index (χ4n) is 3.48. The van der Waals surface area contributed by atoms with E-state index < -0.39 is 6.09 Å². The van der Waals surface area contributed by atoms with Crippen LogP contribution in [0.5, 0.6) is 0 Å². The maximum atomic E-state index is 13.3. The number of carbonyl (C=O) groups is 1. The normalized spacial score (nSPS) is 22.6. The molecule has 5 nitrogen and oxygen atoms in total. The largest absolute Gasteiger partial charge is 0.445 e. The van der Waals surface area contributed by atoms with Crippen LogP contribution in [0.25, 0.3) is 0 Å². The highest BCUT2D eigenvalue weighted by Crippen LogP contribution is 2.36. The first-order valence-electron chi connectivity index (χ1n) is 8.87. The van der Waals surface area contributed by atoms with E-state index in [-0.39, 0.29) is 23.8 Å². The summed E-state index contributed by atoms with van der Waals surface area (Å²) in [4.78, 5) is 16.5. The number of piperidine rings is 1. The first-order chi connectivity index (χ1) is 12.6. The van der Waals surface area contributed by atoms with Crippen LogP contribution in [0.4, 0.5) is 9.18 Å². The molecule has 0 unspecified atom stereocenters. The molecule has 1 fully saturated rings. The van der Waals surface area contributed by atoms with Crippen LogP contribution >= 0.6 is 0 Å². The van der Waals surface area contributed by atoms with Crippen LogP contribution in [0.15, 0.2) is 48.7 Å². The van der Waals surface area contributed by atoms with Crippen molar-refractivity contribution in [2.45, 2.75) is 25.4 Å². The Hall–Kier alpha value is -2.47. The molecule has 1 aliphatic rings. The molecule has 2 N–H and O–H groups in total. The van der Waals surface area contributed by atoms with Gasteiger partial charge >= 0.3 is 6.09 Å². The van der Waals surface area contributed by atoms with Crippen LogP contribution in [0.2, 0.25) is 0 Å². The van der Waals surface area contributed by atoms with Crippen molar-refractivity contribution in [2.75, 3.05) is 19.6 Å². The van der Waals surface area contributed by atoms with Gasteiger partial charge in [0.15, 0.2) is 0 Å². The molecule has 6 heteroatoms. The molecule has 1 aromatic heterocycles. The summed E-state index contributed by atoms with van der Waals surface area (Å²) >= 11 is 0. The van der Waals surface area contributed by atoms with Gasteiger partial charge in [-0.3, -0.25) is 4.98 Å². The molecule has 26 heavy (non-hydrogen) atoms. The molecule has 2 aromatic rings. The van der Waals surface area contributed by atoms with Crippen LogP contribution in [-0.2, 0) is 16.8 Å². The summed E-state index contributed by atoms with van der Waals surface area (Å²) < 4.78 is 18.6. The number of pyridine rings is 1. The lowest BCUT2D eigenvalue weighted by Gasteiger charge is -2.42. The van der Waals surface area contributed by atoms with E-state index in [9.17, 15) is 9.18 Å². The Morgan fingerprint density at radius 1 is 1.35 bits per heavy atom. The highest BCUT2D eigenvalue weighted by atomic mass is 19.1. The number of aromatic nitrogens is 1. The third-order valence-corrected chi connectivity index (χ3v) is 5.14. The fourth-order valence-corrected chi connectivity index (χ4v) is 3.48. The second-order valence-corrected chi connectivity index (χ2v) is 6.79. The average Bonchev–Trinajstić information content (AvgIpc) is 2.67.